The normalized spacial score (nSPS) is 28.2. The van der Waals surface area contributed by atoms with Crippen LogP contribution in [0.4, 0.5) is 23.0 Å². The Morgan fingerprint density at radius 3 is 1.63 bits per heavy atom. The maximum atomic E-state index is 11.5. The molecule has 8 atom stereocenters. The first-order valence-corrected chi connectivity index (χ1v) is 19.6. The minimum absolute atomic E-state index is 0. The smallest absolute Gasteiger partial charge is 0.348 e. The molecule has 0 radical (unpaired) electrons. The van der Waals surface area contributed by atoms with Gasteiger partial charge in [-0.1, -0.05) is 75.4 Å². The number of rotatable bonds is 11. The van der Waals surface area contributed by atoms with Gasteiger partial charge in [0, 0.05) is 24.3 Å². The first kappa shape index (κ1) is 45.4. The number of hydrogen-bond acceptors (Lipinski definition) is 15. The number of nitrogens with two attached hydrogens (primary N) is 1. The number of anilines is 3. The van der Waals surface area contributed by atoms with Gasteiger partial charge in [0.2, 0.25) is 11.0 Å². The molecule has 4 N–H and O–H groups in total. The Bertz CT molecular complexity index is 1730. The summed E-state index contributed by atoms with van der Waals surface area (Å²) in [6, 6.07) is -1.12. The second kappa shape index (κ2) is 18.8. The highest BCUT2D eigenvalue weighted by Crippen LogP contribution is 2.43. The minimum atomic E-state index is -0.810. The molecule has 298 valence electrons. The van der Waals surface area contributed by atoms with Crippen LogP contribution >= 0.6 is 46.7 Å². The summed E-state index contributed by atoms with van der Waals surface area (Å²) in [4.78, 5) is 35.2. The van der Waals surface area contributed by atoms with Gasteiger partial charge in [0.1, 0.15) is 17.9 Å². The van der Waals surface area contributed by atoms with Gasteiger partial charge in [0.25, 0.3) is 12.1 Å². The molecule has 4 fully saturated rings. The van der Waals surface area contributed by atoms with E-state index in [4.69, 9.17) is 61.0 Å². The molecular formula is C34H50Cl2N10O6S2. The Kier molecular flexibility index (Phi) is 15.8. The van der Waals surface area contributed by atoms with E-state index in [9.17, 15) is 10.1 Å². The molecular weight excluding hydrogens is 779 g/mol. The molecule has 54 heavy (non-hydrogen) atoms. The van der Waals surface area contributed by atoms with Crippen molar-refractivity contribution in [1.82, 2.24) is 19.9 Å². The molecule has 0 spiro atoms. The fraction of sp³-hybridized carbons (Fsp3) is 0.706. The molecule has 2 aromatic heterocycles. The molecule has 2 saturated heterocycles. The molecule has 4 aliphatic rings. The van der Waals surface area contributed by atoms with Crippen molar-refractivity contribution in [1.29, 1.82) is 0 Å². The summed E-state index contributed by atoms with van der Waals surface area (Å²) in [5.74, 6) is 0.694. The average Bonchev–Trinajstić information content (AvgIpc) is 3.77. The van der Waals surface area contributed by atoms with Gasteiger partial charge >= 0.3 is 5.69 Å². The second-order valence-electron chi connectivity index (χ2n) is 13.5. The third kappa shape index (κ3) is 10.3. The average molecular weight is 830 g/mol. The Morgan fingerprint density at radius 1 is 0.796 bits per heavy atom. The van der Waals surface area contributed by atoms with E-state index in [1.54, 1.807) is 13.8 Å². The summed E-state index contributed by atoms with van der Waals surface area (Å²) in [7, 11) is 0. The molecule has 0 aromatic carbocycles. The number of halogens is 2. The summed E-state index contributed by atoms with van der Waals surface area (Å²) < 4.78 is 23.7. The fourth-order valence-corrected chi connectivity index (χ4v) is 8.42. The molecule has 2 aromatic rings. The number of aromatic nitrogens is 4. The van der Waals surface area contributed by atoms with Crippen LogP contribution in [-0.2, 0) is 18.9 Å². The van der Waals surface area contributed by atoms with Gasteiger partial charge in [-0.2, -0.15) is 4.98 Å². The van der Waals surface area contributed by atoms with Crippen LogP contribution in [0, 0.1) is 23.3 Å². The van der Waals surface area contributed by atoms with Crippen LogP contribution in [0.15, 0.2) is 10.3 Å². The zero-order chi connectivity index (χ0) is 38.0. The highest BCUT2D eigenvalue weighted by atomic mass is 35.5. The third-order valence-corrected chi connectivity index (χ3v) is 11.3. The van der Waals surface area contributed by atoms with E-state index in [-0.39, 0.29) is 79.1 Å². The summed E-state index contributed by atoms with van der Waals surface area (Å²) in [6.07, 6.45) is 1.69. The number of nitro groups is 1. The molecule has 2 saturated carbocycles. The fourth-order valence-electron chi connectivity index (χ4n) is 6.51. The molecule has 0 unspecified atom stereocenters. The monoisotopic (exact) mass is 828 g/mol. The zero-order valence-electron chi connectivity index (χ0n) is 29.6. The standard InChI is InChI=1S/C16H20ClN5O4S.C16H22ClN5O2S.2CH4/c1-5-6-27-15-20-13(17)10(22(23)24)14(21-15)19-9-7-8(18-4)11-12(9)26-16(2,3)25-11;1-5-6-25-15-21-13(17)10(18)14(22-15)20-9-7-8(19-4)11-12(9)24-16(2,3)23-11;;/h8-9,11-12H,5-7H2,1-3H3,(H,19,20,21);8-9,11-12H,5-7,18H2,1-3H3,(H,20,21,22);2*1H4/t2*8-,9+,11+,12-;;/m00../s1. The predicted molar refractivity (Wildman–Crippen MR) is 213 cm³/mol. The Labute approximate surface area is 335 Å². The van der Waals surface area contributed by atoms with E-state index in [0.29, 0.717) is 34.7 Å². The van der Waals surface area contributed by atoms with Crippen LogP contribution in [0.5, 0.6) is 0 Å². The largest absolute Gasteiger partial charge is 0.393 e. The van der Waals surface area contributed by atoms with Crippen molar-refractivity contribution < 1.29 is 23.9 Å². The van der Waals surface area contributed by atoms with Crippen molar-refractivity contribution in [2.45, 2.75) is 153 Å². The summed E-state index contributed by atoms with van der Waals surface area (Å²) in [5, 5.41) is 18.9. The van der Waals surface area contributed by atoms with Crippen molar-refractivity contribution >= 4 is 69.7 Å². The number of nitrogen functional groups attached to an aromatic ring is 1. The minimum Gasteiger partial charge on any atom is -0.393 e. The Morgan fingerprint density at radius 2 is 1.20 bits per heavy atom. The highest BCUT2D eigenvalue weighted by Gasteiger charge is 2.59. The number of thioether (sulfide) groups is 2. The zero-order valence-corrected chi connectivity index (χ0v) is 32.7. The van der Waals surface area contributed by atoms with Gasteiger partial charge in [-0.25, -0.2) is 28.1 Å². The number of fused-ring (bicyclic) bond motifs is 2. The van der Waals surface area contributed by atoms with Gasteiger partial charge in [-0.05, 0) is 40.5 Å². The number of hydrogen-bond donors (Lipinski definition) is 3. The van der Waals surface area contributed by atoms with E-state index in [0.717, 1.165) is 24.3 Å². The lowest BCUT2D eigenvalue weighted by Crippen LogP contribution is -2.35. The molecule has 16 nitrogen and oxygen atoms in total. The van der Waals surface area contributed by atoms with E-state index in [1.807, 2.05) is 20.8 Å². The summed E-state index contributed by atoms with van der Waals surface area (Å²) in [6.45, 7) is 26.2. The van der Waals surface area contributed by atoms with E-state index < -0.39 is 22.6 Å². The van der Waals surface area contributed by atoms with Gasteiger partial charge in [0.15, 0.2) is 45.1 Å². The van der Waals surface area contributed by atoms with Crippen LogP contribution in [-0.4, -0.2) is 96.5 Å². The molecule has 2 aliphatic carbocycles. The van der Waals surface area contributed by atoms with Crippen LogP contribution < -0.4 is 16.4 Å². The van der Waals surface area contributed by atoms with Crippen molar-refractivity contribution in [3.05, 3.63) is 43.3 Å². The number of nitrogens with one attached hydrogen (secondary N) is 2. The SMILES string of the molecule is C.C.[C-]#[N+][C@H]1C[C@@H](Nc2nc(SCCC)nc(Cl)c2N)[C@@H]2OC(C)(C)O[C@@H]21.[C-]#[N+][C@H]1C[C@@H](Nc2nc(SCCC)nc(Cl)c2[N+](=O)[O-])[C@@H]2OC(C)(C)O[C@@H]21. The number of nitrogens with zero attached hydrogens (tertiary/aromatic N) is 7. The molecule has 2 aliphatic heterocycles. The maximum Gasteiger partial charge on any atom is 0.348 e. The maximum absolute atomic E-state index is 11.5. The van der Waals surface area contributed by atoms with Gasteiger partial charge < -0.3 is 45.0 Å². The summed E-state index contributed by atoms with van der Waals surface area (Å²) in [5.41, 5.74) is 5.99. The van der Waals surface area contributed by atoms with Crippen molar-refractivity contribution in [3.63, 3.8) is 0 Å². The van der Waals surface area contributed by atoms with E-state index in [2.05, 4.69) is 47.2 Å². The first-order chi connectivity index (χ1) is 24.6. The lowest BCUT2D eigenvalue weighted by Gasteiger charge is -2.23. The lowest BCUT2D eigenvalue weighted by atomic mass is 10.2. The molecule has 4 heterocycles. The lowest BCUT2D eigenvalue weighted by molar-refractivity contribution is -0.384. The predicted octanol–water partition coefficient (Wildman–Crippen LogP) is 8.01. The van der Waals surface area contributed by atoms with Gasteiger partial charge in [-0.15, -0.1) is 0 Å². The van der Waals surface area contributed by atoms with E-state index in [1.165, 1.54) is 23.5 Å². The van der Waals surface area contributed by atoms with Crippen LogP contribution in [0.2, 0.25) is 10.3 Å². The molecule has 0 bridgehead atoms. The highest BCUT2D eigenvalue weighted by molar-refractivity contribution is 7.99. The second-order valence-corrected chi connectivity index (χ2v) is 16.3. The van der Waals surface area contributed by atoms with Crippen LogP contribution in [0.1, 0.15) is 82.1 Å². The van der Waals surface area contributed by atoms with E-state index >= 15 is 0 Å². The van der Waals surface area contributed by atoms with Crippen LogP contribution in [0.3, 0.4) is 0 Å². The van der Waals surface area contributed by atoms with Gasteiger partial charge in [0.05, 0.1) is 17.0 Å². The van der Waals surface area contributed by atoms with Gasteiger partial charge in [-0.3, -0.25) is 10.1 Å². The Balaban J connectivity index is 0.000000281. The molecule has 20 heteroatoms. The first-order valence-electron chi connectivity index (χ1n) is 16.9. The Hall–Kier alpha value is -2.94. The van der Waals surface area contributed by atoms with Crippen molar-refractivity contribution in [2.24, 2.45) is 0 Å². The number of ether oxygens (including phenoxy) is 4. The third-order valence-electron chi connectivity index (χ3n) is 8.60. The molecule has 6 rings (SSSR count). The molecule has 0 amide bonds. The van der Waals surface area contributed by atoms with Crippen molar-refractivity contribution in [2.75, 3.05) is 27.9 Å². The summed E-state index contributed by atoms with van der Waals surface area (Å²) >= 11 is 15.1. The quantitative estimate of drug-likeness (QED) is 0.0493. The topological polar surface area (TPSA) is 190 Å². The van der Waals surface area contributed by atoms with Crippen LogP contribution in [0.25, 0.3) is 9.69 Å². The van der Waals surface area contributed by atoms with Crippen molar-refractivity contribution in [3.8, 4) is 0 Å².